The van der Waals surface area contributed by atoms with E-state index in [9.17, 15) is 9.18 Å². The first-order valence-corrected chi connectivity index (χ1v) is 12.8. The molecule has 188 valence electrons. The van der Waals surface area contributed by atoms with Gasteiger partial charge in [-0.05, 0) is 73.4 Å². The summed E-state index contributed by atoms with van der Waals surface area (Å²) in [7, 11) is 0. The van der Waals surface area contributed by atoms with Crippen LogP contribution in [0.1, 0.15) is 29.1 Å². The molecule has 6 rings (SSSR count). The van der Waals surface area contributed by atoms with E-state index in [1.165, 1.54) is 23.7 Å². The van der Waals surface area contributed by atoms with Gasteiger partial charge in [0.15, 0.2) is 5.82 Å². The van der Waals surface area contributed by atoms with Gasteiger partial charge in [0.2, 0.25) is 5.88 Å². The molecule has 1 aliphatic heterocycles. The van der Waals surface area contributed by atoms with Crippen LogP contribution in [0.25, 0.3) is 22.8 Å². The number of benzene rings is 1. The fourth-order valence-corrected chi connectivity index (χ4v) is 5.43. The topological polar surface area (TPSA) is 107 Å². The Morgan fingerprint density at radius 2 is 1.78 bits per heavy atom. The van der Waals surface area contributed by atoms with Crippen LogP contribution >= 0.6 is 11.5 Å². The molecule has 8 nitrogen and oxygen atoms in total. The molecule has 1 saturated carbocycles. The molecule has 4 aromatic rings. The number of ether oxygens (including phenoxy) is 1. The van der Waals surface area contributed by atoms with Crippen LogP contribution in [0.2, 0.25) is 0 Å². The van der Waals surface area contributed by atoms with Crippen molar-refractivity contribution in [3.63, 3.8) is 0 Å². The van der Waals surface area contributed by atoms with E-state index in [0.717, 1.165) is 11.1 Å². The van der Waals surface area contributed by atoms with Gasteiger partial charge in [-0.2, -0.15) is 4.37 Å². The number of hydrogen-bond donors (Lipinski definition) is 1. The number of nitrogens with zero attached hydrogens (tertiary/aromatic N) is 5. The van der Waals surface area contributed by atoms with Crippen molar-refractivity contribution in [2.75, 3.05) is 13.1 Å². The lowest BCUT2D eigenvalue weighted by Gasteiger charge is -2.22. The van der Waals surface area contributed by atoms with Gasteiger partial charge in [-0.25, -0.2) is 19.3 Å². The molecule has 1 aliphatic carbocycles. The summed E-state index contributed by atoms with van der Waals surface area (Å²) < 4.78 is 24.1. The highest BCUT2D eigenvalue weighted by Gasteiger charge is 2.59. The normalized spacial score (nSPS) is 20.5. The lowest BCUT2D eigenvalue weighted by molar-refractivity contribution is 0.0756. The molecular weight excluding hydrogens is 491 g/mol. The van der Waals surface area contributed by atoms with E-state index >= 15 is 0 Å². The van der Waals surface area contributed by atoms with Crippen LogP contribution in [0, 0.1) is 17.7 Å². The fourth-order valence-electron chi connectivity index (χ4n) is 4.73. The van der Waals surface area contributed by atoms with Crippen LogP contribution in [0.5, 0.6) is 5.88 Å². The van der Waals surface area contributed by atoms with Gasteiger partial charge in [0.25, 0.3) is 5.91 Å². The zero-order valence-corrected chi connectivity index (χ0v) is 21.2. The lowest BCUT2D eigenvalue weighted by atomic mass is 9.95. The molecule has 0 radical (unpaired) electrons. The Bertz CT molecular complexity index is 1440. The van der Waals surface area contributed by atoms with E-state index < -0.39 is 5.54 Å². The first kappa shape index (κ1) is 23.6. The van der Waals surface area contributed by atoms with Gasteiger partial charge >= 0.3 is 0 Å². The molecule has 0 unspecified atom stereocenters. The number of likely N-dealkylation sites (tertiary alicyclic amines) is 1. The van der Waals surface area contributed by atoms with Gasteiger partial charge in [0.1, 0.15) is 22.5 Å². The van der Waals surface area contributed by atoms with E-state index in [0.29, 0.717) is 41.1 Å². The number of piperidine rings is 1. The monoisotopic (exact) mass is 516 g/mol. The summed E-state index contributed by atoms with van der Waals surface area (Å²) in [5.74, 6) is 1.16. The van der Waals surface area contributed by atoms with Crippen molar-refractivity contribution in [2.24, 2.45) is 17.6 Å². The summed E-state index contributed by atoms with van der Waals surface area (Å²) in [6, 6.07) is 13.5. The van der Waals surface area contributed by atoms with Crippen molar-refractivity contribution in [1.29, 1.82) is 0 Å². The fraction of sp³-hybridized carbons (Fsp3) is 0.296. The van der Waals surface area contributed by atoms with Crippen LogP contribution in [0.15, 0.2) is 60.9 Å². The van der Waals surface area contributed by atoms with Gasteiger partial charge < -0.3 is 15.4 Å². The van der Waals surface area contributed by atoms with Gasteiger partial charge in [-0.1, -0.05) is 0 Å². The molecule has 1 aromatic carbocycles. The van der Waals surface area contributed by atoms with Crippen molar-refractivity contribution < 1.29 is 13.9 Å². The molecule has 3 aromatic heterocycles. The average molecular weight is 517 g/mol. The van der Waals surface area contributed by atoms with Crippen LogP contribution in [0.4, 0.5) is 4.39 Å². The summed E-state index contributed by atoms with van der Waals surface area (Å²) in [6.07, 6.45) is 3.29. The summed E-state index contributed by atoms with van der Waals surface area (Å²) in [4.78, 5) is 28.6. The van der Waals surface area contributed by atoms with Gasteiger partial charge in [-0.15, -0.1) is 0 Å². The Labute approximate surface area is 217 Å². The maximum atomic E-state index is 13.4. The molecule has 10 heteroatoms. The molecule has 3 atom stereocenters. The van der Waals surface area contributed by atoms with E-state index in [4.69, 9.17) is 10.5 Å². The summed E-state index contributed by atoms with van der Waals surface area (Å²) in [6.45, 7) is 5.08. The number of carbonyl (C=O) groups is 1. The first-order chi connectivity index (χ1) is 17.8. The number of carbonyl (C=O) groups excluding carboxylic acids is 1. The number of nitrogens with two attached hydrogens (primary N) is 1. The van der Waals surface area contributed by atoms with E-state index in [1.54, 1.807) is 36.7 Å². The summed E-state index contributed by atoms with van der Waals surface area (Å²) >= 11 is 1.17. The highest BCUT2D eigenvalue weighted by molar-refractivity contribution is 7.08. The molecule has 4 heterocycles. The number of hydrogen-bond acceptors (Lipinski definition) is 8. The standard InChI is InChI=1S/C27H25FN6O2S/c1-27(2,29)16-10-20(15-4-6-17(28)7-5-15)32-23(11-16)36-24-18-13-34(14-19(18)24)26(35)22-12-21(33-37-22)25-30-8-3-9-31-25/h3-12,18-19,24H,13-14,29H2,1-2H3/t18-,19+,24-. The number of rotatable bonds is 6. The minimum Gasteiger partial charge on any atom is -0.474 e. The Hall–Kier alpha value is -3.76. The first-order valence-electron chi connectivity index (χ1n) is 12.0. The van der Waals surface area contributed by atoms with Crippen LogP contribution in [0.3, 0.4) is 0 Å². The van der Waals surface area contributed by atoms with Crippen molar-refractivity contribution in [1.82, 2.24) is 24.2 Å². The maximum absolute atomic E-state index is 13.4. The molecule has 1 amide bonds. The second-order valence-electron chi connectivity index (χ2n) is 10.1. The third kappa shape index (κ3) is 4.70. The quantitative estimate of drug-likeness (QED) is 0.410. The third-order valence-corrected chi connectivity index (χ3v) is 7.64. The Morgan fingerprint density at radius 1 is 1.08 bits per heavy atom. The zero-order chi connectivity index (χ0) is 25.7. The van der Waals surface area contributed by atoms with Gasteiger partial charge in [0.05, 0.1) is 5.69 Å². The van der Waals surface area contributed by atoms with Crippen molar-refractivity contribution >= 4 is 17.4 Å². The van der Waals surface area contributed by atoms with Gasteiger partial charge in [-0.3, -0.25) is 4.79 Å². The molecular formula is C27H25FN6O2S. The minimum absolute atomic E-state index is 0.0107. The average Bonchev–Trinajstić information content (AvgIpc) is 3.27. The Morgan fingerprint density at radius 3 is 2.46 bits per heavy atom. The summed E-state index contributed by atoms with van der Waals surface area (Å²) in [5, 5.41) is 0. The van der Waals surface area contributed by atoms with Crippen LogP contribution in [-0.2, 0) is 5.54 Å². The van der Waals surface area contributed by atoms with Crippen molar-refractivity contribution in [2.45, 2.75) is 25.5 Å². The number of aromatic nitrogens is 4. The zero-order valence-electron chi connectivity index (χ0n) is 20.3. The van der Waals surface area contributed by atoms with Crippen molar-refractivity contribution in [3.05, 3.63) is 77.2 Å². The Kier molecular flexibility index (Phi) is 5.73. The Balaban J connectivity index is 1.14. The van der Waals surface area contributed by atoms with E-state index in [2.05, 4.69) is 19.3 Å². The molecule has 2 fully saturated rings. The highest BCUT2D eigenvalue weighted by Crippen LogP contribution is 2.48. The molecule has 0 bridgehead atoms. The van der Waals surface area contributed by atoms with Crippen LogP contribution < -0.4 is 10.5 Å². The summed E-state index contributed by atoms with van der Waals surface area (Å²) in [5.41, 5.74) is 8.73. The number of halogens is 1. The number of fused-ring (bicyclic) bond motifs is 1. The van der Waals surface area contributed by atoms with E-state index in [-0.39, 0.29) is 29.7 Å². The predicted molar refractivity (Wildman–Crippen MR) is 137 cm³/mol. The molecule has 37 heavy (non-hydrogen) atoms. The molecule has 2 aliphatic rings. The molecule has 1 saturated heterocycles. The number of amides is 1. The third-order valence-electron chi connectivity index (χ3n) is 6.86. The maximum Gasteiger partial charge on any atom is 0.265 e. The predicted octanol–water partition coefficient (Wildman–Crippen LogP) is 4.14. The smallest absolute Gasteiger partial charge is 0.265 e. The molecule has 0 spiro atoms. The second-order valence-corrected chi connectivity index (χ2v) is 10.9. The van der Waals surface area contributed by atoms with Crippen LogP contribution in [-0.4, -0.2) is 49.3 Å². The minimum atomic E-state index is -0.600. The van der Waals surface area contributed by atoms with Gasteiger partial charge in [0, 0.05) is 54.5 Å². The highest BCUT2D eigenvalue weighted by atomic mass is 32.1. The SMILES string of the molecule is CC(C)(N)c1cc(O[C@@H]2[C@@H]3CN(C(=O)c4cc(-c5ncccn5)ns4)C[C@@H]32)nc(-c2ccc(F)cc2)c1. The number of pyridine rings is 1. The van der Waals surface area contributed by atoms with E-state index in [1.807, 2.05) is 30.9 Å². The lowest BCUT2D eigenvalue weighted by Crippen LogP contribution is -2.33. The molecule has 2 N–H and O–H groups in total. The second kappa shape index (κ2) is 8.97. The van der Waals surface area contributed by atoms with Crippen molar-refractivity contribution in [3.8, 4) is 28.7 Å². The largest absolute Gasteiger partial charge is 0.474 e.